The van der Waals surface area contributed by atoms with E-state index in [9.17, 15) is 4.79 Å². The highest BCUT2D eigenvalue weighted by atomic mass is 16.5. The highest BCUT2D eigenvalue weighted by molar-refractivity contribution is 5.77. The fraction of sp³-hybridized carbons (Fsp3) is 0.357. The Morgan fingerprint density at radius 2 is 1.95 bits per heavy atom. The summed E-state index contributed by atoms with van der Waals surface area (Å²) in [7, 11) is 0. The fourth-order valence-corrected chi connectivity index (χ4v) is 1.72. The molecule has 112 valence electrons. The molecule has 0 aliphatic carbocycles. The second-order valence-corrected chi connectivity index (χ2v) is 4.35. The van der Waals surface area contributed by atoms with Crippen molar-refractivity contribution in [2.45, 2.75) is 19.9 Å². The lowest BCUT2D eigenvalue weighted by Gasteiger charge is -2.12. The number of carbonyl (C=O) groups is 1. The lowest BCUT2D eigenvalue weighted by Crippen LogP contribution is -2.31. The van der Waals surface area contributed by atoms with Gasteiger partial charge in [0.1, 0.15) is 23.7 Å². The van der Waals surface area contributed by atoms with Gasteiger partial charge in [-0.15, -0.1) is 0 Å². The number of carbonyl (C=O) groups excluding carboxylic acids is 1. The lowest BCUT2D eigenvalue weighted by molar-refractivity contribution is -0.123. The summed E-state index contributed by atoms with van der Waals surface area (Å²) in [4.78, 5) is 15.7. The minimum Gasteiger partial charge on any atom is -0.494 e. The first-order chi connectivity index (χ1) is 10.2. The number of hydrogen-bond donors (Lipinski definition) is 2. The standard InChI is InChI=1S/C14H18N4O3/c1-3-20-11-4-6-12(7-5-11)21-8-13(19)17-10(2)14-15-9-16-18-14/h4-7,9-10H,3,8H2,1-2H3,(H,17,19)(H,15,16,18). The van der Waals surface area contributed by atoms with Crippen molar-refractivity contribution in [3.63, 3.8) is 0 Å². The molecule has 1 atom stereocenters. The minimum absolute atomic E-state index is 0.0630. The van der Waals surface area contributed by atoms with E-state index in [2.05, 4.69) is 20.5 Å². The Morgan fingerprint density at radius 1 is 1.29 bits per heavy atom. The van der Waals surface area contributed by atoms with Crippen LogP contribution >= 0.6 is 0 Å². The van der Waals surface area contributed by atoms with Crippen molar-refractivity contribution in [2.24, 2.45) is 0 Å². The zero-order chi connectivity index (χ0) is 15.1. The van der Waals surface area contributed by atoms with Gasteiger partial charge < -0.3 is 14.8 Å². The Hall–Kier alpha value is -2.57. The highest BCUT2D eigenvalue weighted by Crippen LogP contribution is 2.17. The molecule has 0 saturated heterocycles. The number of nitrogens with one attached hydrogen (secondary N) is 2. The smallest absolute Gasteiger partial charge is 0.258 e. The van der Waals surface area contributed by atoms with Gasteiger partial charge in [0.25, 0.3) is 5.91 Å². The van der Waals surface area contributed by atoms with Crippen molar-refractivity contribution in [3.05, 3.63) is 36.4 Å². The summed E-state index contributed by atoms with van der Waals surface area (Å²) in [5, 5.41) is 9.20. The quantitative estimate of drug-likeness (QED) is 0.806. The number of amides is 1. The summed E-state index contributed by atoms with van der Waals surface area (Å²) >= 11 is 0. The van der Waals surface area contributed by atoms with Crippen LogP contribution in [0.3, 0.4) is 0 Å². The predicted octanol–water partition coefficient (Wildman–Crippen LogP) is 1.46. The fourth-order valence-electron chi connectivity index (χ4n) is 1.72. The van der Waals surface area contributed by atoms with Crippen LogP contribution < -0.4 is 14.8 Å². The molecule has 1 aromatic carbocycles. The third-order valence-electron chi connectivity index (χ3n) is 2.73. The molecule has 2 N–H and O–H groups in total. The number of rotatable bonds is 7. The second kappa shape index (κ2) is 7.28. The maximum Gasteiger partial charge on any atom is 0.258 e. The molecule has 7 nitrogen and oxygen atoms in total. The Morgan fingerprint density at radius 3 is 2.52 bits per heavy atom. The van der Waals surface area contributed by atoms with Gasteiger partial charge in [0, 0.05) is 0 Å². The largest absolute Gasteiger partial charge is 0.494 e. The van der Waals surface area contributed by atoms with Crippen molar-refractivity contribution >= 4 is 5.91 Å². The first kappa shape index (κ1) is 14.8. The van der Waals surface area contributed by atoms with E-state index in [4.69, 9.17) is 9.47 Å². The molecule has 0 aliphatic heterocycles. The summed E-state index contributed by atoms with van der Waals surface area (Å²) in [6.07, 6.45) is 1.40. The van der Waals surface area contributed by atoms with Crippen LogP contribution in [-0.4, -0.2) is 34.3 Å². The van der Waals surface area contributed by atoms with E-state index < -0.39 is 0 Å². The van der Waals surface area contributed by atoms with Crippen LogP contribution in [0.4, 0.5) is 0 Å². The van der Waals surface area contributed by atoms with Crippen molar-refractivity contribution in [2.75, 3.05) is 13.2 Å². The van der Waals surface area contributed by atoms with Crippen LogP contribution in [-0.2, 0) is 4.79 Å². The van der Waals surface area contributed by atoms with Crippen molar-refractivity contribution in [1.29, 1.82) is 0 Å². The molecule has 2 rings (SSSR count). The van der Waals surface area contributed by atoms with Gasteiger partial charge in [0.15, 0.2) is 6.61 Å². The van der Waals surface area contributed by atoms with Crippen molar-refractivity contribution in [1.82, 2.24) is 20.5 Å². The van der Waals surface area contributed by atoms with E-state index in [0.717, 1.165) is 5.75 Å². The van der Waals surface area contributed by atoms with Crippen LogP contribution in [0.25, 0.3) is 0 Å². The molecule has 0 spiro atoms. The number of aromatic nitrogens is 3. The van der Waals surface area contributed by atoms with Crippen LogP contribution in [0.2, 0.25) is 0 Å². The summed E-state index contributed by atoms with van der Waals surface area (Å²) in [5.74, 6) is 1.76. The normalized spacial score (nSPS) is 11.7. The SMILES string of the molecule is CCOc1ccc(OCC(=O)NC(C)c2ncn[nH]2)cc1. The Kier molecular flexibility index (Phi) is 5.14. The third kappa shape index (κ3) is 4.48. The number of H-pyrrole nitrogens is 1. The van der Waals surface area contributed by atoms with E-state index in [0.29, 0.717) is 18.2 Å². The van der Waals surface area contributed by atoms with Gasteiger partial charge in [-0.25, -0.2) is 4.98 Å². The van der Waals surface area contributed by atoms with Gasteiger partial charge in [-0.05, 0) is 38.1 Å². The molecule has 0 aliphatic rings. The first-order valence-electron chi connectivity index (χ1n) is 6.69. The number of ether oxygens (including phenoxy) is 2. The molecular weight excluding hydrogens is 272 g/mol. The Bertz CT molecular complexity index is 554. The average Bonchev–Trinajstić information content (AvgIpc) is 3.01. The molecule has 21 heavy (non-hydrogen) atoms. The van der Waals surface area contributed by atoms with E-state index in [1.54, 1.807) is 24.3 Å². The van der Waals surface area contributed by atoms with Gasteiger partial charge in [0.05, 0.1) is 12.6 Å². The zero-order valence-electron chi connectivity index (χ0n) is 12.0. The lowest BCUT2D eigenvalue weighted by atomic mass is 10.3. The maximum atomic E-state index is 11.8. The highest BCUT2D eigenvalue weighted by Gasteiger charge is 2.12. The monoisotopic (exact) mass is 290 g/mol. The summed E-state index contributed by atoms with van der Waals surface area (Å²) in [6, 6.07) is 6.88. The van der Waals surface area contributed by atoms with Gasteiger partial charge in [-0.3, -0.25) is 9.89 Å². The van der Waals surface area contributed by atoms with E-state index in [1.165, 1.54) is 6.33 Å². The first-order valence-corrected chi connectivity index (χ1v) is 6.69. The van der Waals surface area contributed by atoms with E-state index >= 15 is 0 Å². The molecular formula is C14H18N4O3. The molecule has 2 aromatic rings. The molecule has 0 fully saturated rings. The van der Waals surface area contributed by atoms with Crippen molar-refractivity contribution < 1.29 is 14.3 Å². The van der Waals surface area contributed by atoms with Crippen LogP contribution in [0.1, 0.15) is 25.7 Å². The van der Waals surface area contributed by atoms with Gasteiger partial charge in [0.2, 0.25) is 0 Å². The molecule has 7 heteroatoms. The summed E-state index contributed by atoms with van der Waals surface area (Å²) in [6.45, 7) is 4.29. The minimum atomic E-state index is -0.246. The third-order valence-corrected chi connectivity index (χ3v) is 2.73. The number of aromatic amines is 1. The number of benzene rings is 1. The van der Waals surface area contributed by atoms with Gasteiger partial charge in [-0.2, -0.15) is 5.10 Å². The van der Waals surface area contributed by atoms with Crippen molar-refractivity contribution in [3.8, 4) is 11.5 Å². The Balaban J connectivity index is 1.78. The summed E-state index contributed by atoms with van der Waals surface area (Å²) < 4.78 is 10.7. The van der Waals surface area contributed by atoms with Gasteiger partial charge in [-0.1, -0.05) is 0 Å². The maximum absolute atomic E-state index is 11.8. The molecule has 0 saturated carbocycles. The molecule has 1 heterocycles. The van der Waals surface area contributed by atoms with Crippen LogP contribution in [0.15, 0.2) is 30.6 Å². The van der Waals surface area contributed by atoms with Gasteiger partial charge >= 0.3 is 0 Å². The summed E-state index contributed by atoms with van der Waals surface area (Å²) in [5.41, 5.74) is 0. The topological polar surface area (TPSA) is 89.1 Å². The van der Waals surface area contributed by atoms with Crippen LogP contribution in [0.5, 0.6) is 11.5 Å². The van der Waals surface area contributed by atoms with E-state index in [1.807, 2.05) is 13.8 Å². The molecule has 1 aromatic heterocycles. The van der Waals surface area contributed by atoms with Crippen LogP contribution in [0, 0.1) is 0 Å². The number of nitrogens with zero attached hydrogens (tertiary/aromatic N) is 2. The second-order valence-electron chi connectivity index (χ2n) is 4.35. The predicted molar refractivity (Wildman–Crippen MR) is 76.0 cm³/mol. The Labute approximate surface area is 122 Å². The molecule has 1 amide bonds. The molecule has 0 radical (unpaired) electrons. The molecule has 1 unspecified atom stereocenters. The molecule has 0 bridgehead atoms. The zero-order valence-corrected chi connectivity index (χ0v) is 12.0. The number of hydrogen-bond acceptors (Lipinski definition) is 5. The average molecular weight is 290 g/mol. The van der Waals surface area contributed by atoms with E-state index in [-0.39, 0.29) is 18.6 Å².